The molecule has 5 nitrogen and oxygen atoms in total. The van der Waals surface area contributed by atoms with Crippen molar-refractivity contribution >= 4 is 12.0 Å². The Morgan fingerprint density at radius 2 is 2.00 bits per heavy atom. The maximum atomic E-state index is 12.2. The molecule has 108 valence electrons. The van der Waals surface area contributed by atoms with Crippen molar-refractivity contribution < 1.29 is 14.7 Å². The summed E-state index contributed by atoms with van der Waals surface area (Å²) in [5, 5.41) is 12.3. The molecule has 2 rings (SSSR count). The third-order valence-corrected chi connectivity index (χ3v) is 4.98. The SMILES string of the molecule is CC(C1CC1)N(C)C(=O)NC1CCCC1(C)C(=O)O. The van der Waals surface area contributed by atoms with Gasteiger partial charge in [-0.05, 0) is 45.4 Å². The molecular formula is C14H24N2O3. The first-order valence-electron chi connectivity index (χ1n) is 7.13. The van der Waals surface area contributed by atoms with Crippen LogP contribution in [0.5, 0.6) is 0 Å². The number of nitrogens with zero attached hydrogens (tertiary/aromatic N) is 1. The average Bonchev–Trinajstić information content (AvgIpc) is 3.14. The van der Waals surface area contributed by atoms with E-state index in [-0.39, 0.29) is 18.1 Å². The van der Waals surface area contributed by atoms with Gasteiger partial charge in [-0.25, -0.2) is 4.79 Å². The van der Waals surface area contributed by atoms with E-state index in [1.54, 1.807) is 18.9 Å². The molecule has 0 radical (unpaired) electrons. The van der Waals surface area contributed by atoms with Gasteiger partial charge in [0.25, 0.3) is 0 Å². The molecular weight excluding hydrogens is 244 g/mol. The van der Waals surface area contributed by atoms with Crippen LogP contribution in [-0.2, 0) is 4.79 Å². The number of hydrogen-bond acceptors (Lipinski definition) is 2. The zero-order chi connectivity index (χ0) is 14.2. The highest BCUT2D eigenvalue weighted by molar-refractivity contribution is 5.79. The van der Waals surface area contributed by atoms with E-state index in [2.05, 4.69) is 12.2 Å². The van der Waals surface area contributed by atoms with Gasteiger partial charge in [0.15, 0.2) is 0 Å². The molecule has 2 amide bonds. The Labute approximate surface area is 114 Å². The molecule has 19 heavy (non-hydrogen) atoms. The number of carbonyl (C=O) groups is 2. The molecule has 3 atom stereocenters. The van der Waals surface area contributed by atoms with Crippen LogP contribution >= 0.6 is 0 Å². The van der Waals surface area contributed by atoms with Crippen LogP contribution in [-0.4, -0.2) is 41.1 Å². The summed E-state index contributed by atoms with van der Waals surface area (Å²) in [6, 6.07) is -0.164. The minimum absolute atomic E-state index is 0.140. The van der Waals surface area contributed by atoms with Gasteiger partial charge in [0.2, 0.25) is 0 Å². The van der Waals surface area contributed by atoms with Gasteiger partial charge in [-0.3, -0.25) is 4.79 Å². The van der Waals surface area contributed by atoms with Crippen LogP contribution in [0.4, 0.5) is 4.79 Å². The third-order valence-electron chi connectivity index (χ3n) is 4.98. The first-order chi connectivity index (χ1) is 8.86. The van der Waals surface area contributed by atoms with Crippen LogP contribution in [0.1, 0.15) is 46.0 Å². The van der Waals surface area contributed by atoms with Gasteiger partial charge in [-0.2, -0.15) is 0 Å². The Morgan fingerprint density at radius 1 is 1.37 bits per heavy atom. The Balaban J connectivity index is 1.96. The lowest BCUT2D eigenvalue weighted by Gasteiger charge is -2.31. The summed E-state index contributed by atoms with van der Waals surface area (Å²) in [5.74, 6) is -0.196. The molecule has 2 N–H and O–H groups in total. The van der Waals surface area contributed by atoms with Gasteiger partial charge in [-0.15, -0.1) is 0 Å². The maximum absolute atomic E-state index is 12.2. The quantitative estimate of drug-likeness (QED) is 0.820. The fourth-order valence-electron chi connectivity index (χ4n) is 2.98. The second-order valence-corrected chi connectivity index (χ2v) is 6.31. The Bertz CT molecular complexity index is 381. The number of nitrogens with one attached hydrogen (secondary N) is 1. The van der Waals surface area contributed by atoms with E-state index in [9.17, 15) is 14.7 Å². The first-order valence-corrected chi connectivity index (χ1v) is 7.13. The normalized spacial score (nSPS) is 31.8. The highest BCUT2D eigenvalue weighted by atomic mass is 16.4. The molecule has 0 aliphatic heterocycles. The van der Waals surface area contributed by atoms with E-state index in [4.69, 9.17) is 0 Å². The van der Waals surface area contributed by atoms with Crippen molar-refractivity contribution in [2.24, 2.45) is 11.3 Å². The fraction of sp³-hybridized carbons (Fsp3) is 0.857. The van der Waals surface area contributed by atoms with Gasteiger partial charge in [-0.1, -0.05) is 6.42 Å². The zero-order valence-corrected chi connectivity index (χ0v) is 12.0. The van der Waals surface area contributed by atoms with Crippen molar-refractivity contribution in [3.8, 4) is 0 Å². The summed E-state index contributed by atoms with van der Waals surface area (Å²) in [7, 11) is 1.80. The predicted molar refractivity (Wildman–Crippen MR) is 71.9 cm³/mol. The number of carboxylic acid groups (broad SMARTS) is 1. The predicted octanol–water partition coefficient (Wildman–Crippen LogP) is 2.07. The Kier molecular flexibility index (Phi) is 3.74. The number of carboxylic acids is 1. The Morgan fingerprint density at radius 3 is 2.53 bits per heavy atom. The topological polar surface area (TPSA) is 69.6 Å². The number of hydrogen-bond donors (Lipinski definition) is 2. The monoisotopic (exact) mass is 268 g/mol. The van der Waals surface area contributed by atoms with Crippen molar-refractivity contribution in [2.45, 2.75) is 58.0 Å². The number of amides is 2. The molecule has 0 spiro atoms. The van der Waals surface area contributed by atoms with Crippen LogP contribution in [0, 0.1) is 11.3 Å². The molecule has 0 aromatic rings. The lowest BCUT2D eigenvalue weighted by molar-refractivity contribution is -0.148. The Hall–Kier alpha value is -1.26. The van der Waals surface area contributed by atoms with Crippen LogP contribution < -0.4 is 5.32 Å². The maximum Gasteiger partial charge on any atom is 0.317 e. The van der Waals surface area contributed by atoms with Crippen LogP contribution in [0.15, 0.2) is 0 Å². The number of rotatable bonds is 4. The van der Waals surface area contributed by atoms with Crippen molar-refractivity contribution in [3.63, 3.8) is 0 Å². The van der Waals surface area contributed by atoms with Gasteiger partial charge in [0.1, 0.15) is 0 Å². The van der Waals surface area contributed by atoms with Crippen molar-refractivity contribution in [1.82, 2.24) is 10.2 Å². The van der Waals surface area contributed by atoms with E-state index >= 15 is 0 Å². The van der Waals surface area contributed by atoms with E-state index < -0.39 is 11.4 Å². The summed E-state index contributed by atoms with van der Waals surface area (Å²) in [4.78, 5) is 25.3. The number of aliphatic carboxylic acids is 1. The first kappa shape index (κ1) is 14.2. The molecule has 0 bridgehead atoms. The molecule has 5 heteroatoms. The average molecular weight is 268 g/mol. The smallest absolute Gasteiger partial charge is 0.317 e. The van der Waals surface area contributed by atoms with Crippen LogP contribution in [0.25, 0.3) is 0 Å². The lowest BCUT2D eigenvalue weighted by atomic mass is 9.85. The van der Waals surface area contributed by atoms with Crippen molar-refractivity contribution in [2.75, 3.05) is 7.05 Å². The van der Waals surface area contributed by atoms with E-state index in [0.29, 0.717) is 12.3 Å². The minimum atomic E-state index is -0.820. The van der Waals surface area contributed by atoms with Crippen molar-refractivity contribution in [3.05, 3.63) is 0 Å². The lowest BCUT2D eigenvalue weighted by Crippen LogP contribution is -2.52. The highest BCUT2D eigenvalue weighted by Gasteiger charge is 2.46. The van der Waals surface area contributed by atoms with Gasteiger partial charge in [0.05, 0.1) is 5.41 Å². The molecule has 0 saturated heterocycles. The number of urea groups is 1. The van der Waals surface area contributed by atoms with E-state index in [1.807, 2.05) is 0 Å². The van der Waals surface area contributed by atoms with E-state index in [0.717, 1.165) is 12.8 Å². The zero-order valence-electron chi connectivity index (χ0n) is 12.0. The largest absolute Gasteiger partial charge is 0.481 e. The summed E-state index contributed by atoms with van der Waals surface area (Å²) in [6.45, 7) is 3.79. The van der Waals surface area contributed by atoms with Crippen LogP contribution in [0.2, 0.25) is 0 Å². The highest BCUT2D eigenvalue weighted by Crippen LogP contribution is 2.39. The molecule has 2 aliphatic rings. The standard InChI is InChI=1S/C14H24N2O3/c1-9(10-6-7-10)16(3)13(19)15-11-5-4-8-14(11,2)12(17)18/h9-11H,4-8H2,1-3H3,(H,15,19)(H,17,18). The van der Waals surface area contributed by atoms with Gasteiger partial charge >= 0.3 is 12.0 Å². The van der Waals surface area contributed by atoms with Gasteiger partial charge < -0.3 is 15.3 Å². The third kappa shape index (κ3) is 2.69. The summed E-state index contributed by atoms with van der Waals surface area (Å²) < 4.78 is 0. The van der Waals surface area contributed by atoms with E-state index in [1.165, 1.54) is 12.8 Å². The molecule has 2 fully saturated rings. The molecule has 0 aromatic heterocycles. The fourth-order valence-corrected chi connectivity index (χ4v) is 2.98. The minimum Gasteiger partial charge on any atom is -0.481 e. The molecule has 0 heterocycles. The summed E-state index contributed by atoms with van der Waals surface area (Å²) in [5.41, 5.74) is -0.820. The number of carbonyl (C=O) groups excluding carboxylic acids is 1. The summed E-state index contributed by atoms with van der Waals surface area (Å²) >= 11 is 0. The molecule has 3 unspecified atom stereocenters. The summed E-state index contributed by atoms with van der Waals surface area (Å²) in [6.07, 6.45) is 4.62. The van der Waals surface area contributed by atoms with Crippen LogP contribution in [0.3, 0.4) is 0 Å². The molecule has 2 saturated carbocycles. The second kappa shape index (κ2) is 5.02. The van der Waals surface area contributed by atoms with Gasteiger partial charge in [0, 0.05) is 19.1 Å². The molecule has 2 aliphatic carbocycles. The second-order valence-electron chi connectivity index (χ2n) is 6.31. The van der Waals surface area contributed by atoms with Crippen molar-refractivity contribution in [1.29, 1.82) is 0 Å². The molecule has 0 aromatic carbocycles.